The van der Waals surface area contributed by atoms with Gasteiger partial charge in [0.05, 0.1) is 10.6 Å². The van der Waals surface area contributed by atoms with Crippen LogP contribution in [0.3, 0.4) is 0 Å². The van der Waals surface area contributed by atoms with Gasteiger partial charge in [-0.3, -0.25) is 24.3 Å². The predicted octanol–water partition coefficient (Wildman–Crippen LogP) is 0.941. The lowest BCUT2D eigenvalue weighted by atomic mass is 10.2. The van der Waals surface area contributed by atoms with Crippen LogP contribution in [0.25, 0.3) is 0 Å². The number of nitro groups is 1. The SMILES string of the molecule is CCn1cc(CNC(=O)Cn2cc([N+](=O)[O-])c(C)n2)c(C)n1. The van der Waals surface area contributed by atoms with E-state index in [1.807, 2.05) is 20.0 Å². The molecule has 0 aliphatic rings. The smallest absolute Gasteiger partial charge is 0.309 e. The Hall–Kier alpha value is -2.71. The third-order valence-corrected chi connectivity index (χ3v) is 3.27. The summed E-state index contributed by atoms with van der Waals surface area (Å²) >= 11 is 0. The van der Waals surface area contributed by atoms with Gasteiger partial charge in [0.25, 0.3) is 0 Å². The third kappa shape index (κ3) is 3.48. The predicted molar refractivity (Wildman–Crippen MR) is 78.1 cm³/mol. The quantitative estimate of drug-likeness (QED) is 0.631. The van der Waals surface area contributed by atoms with E-state index in [1.165, 1.54) is 17.8 Å². The van der Waals surface area contributed by atoms with Crippen molar-refractivity contribution in [2.24, 2.45) is 0 Å². The maximum Gasteiger partial charge on any atom is 0.309 e. The second-order valence-electron chi connectivity index (χ2n) is 4.93. The van der Waals surface area contributed by atoms with E-state index in [1.54, 1.807) is 4.68 Å². The van der Waals surface area contributed by atoms with Crippen LogP contribution < -0.4 is 5.32 Å². The summed E-state index contributed by atoms with van der Waals surface area (Å²) < 4.78 is 3.07. The molecule has 9 nitrogen and oxygen atoms in total. The van der Waals surface area contributed by atoms with Crippen LogP contribution in [0, 0.1) is 24.0 Å². The lowest BCUT2D eigenvalue weighted by molar-refractivity contribution is -0.385. The third-order valence-electron chi connectivity index (χ3n) is 3.27. The van der Waals surface area contributed by atoms with Crippen molar-refractivity contribution >= 4 is 11.6 Å². The van der Waals surface area contributed by atoms with Crippen molar-refractivity contribution in [3.05, 3.63) is 39.5 Å². The number of carbonyl (C=O) groups excluding carboxylic acids is 1. The van der Waals surface area contributed by atoms with Crippen LogP contribution in [-0.2, 0) is 24.4 Å². The van der Waals surface area contributed by atoms with Crippen molar-refractivity contribution in [2.75, 3.05) is 0 Å². The molecule has 0 aliphatic carbocycles. The lowest BCUT2D eigenvalue weighted by Gasteiger charge is -2.04. The van der Waals surface area contributed by atoms with Crippen LogP contribution in [0.1, 0.15) is 23.9 Å². The molecule has 9 heteroatoms. The first-order valence-electron chi connectivity index (χ1n) is 6.88. The molecule has 118 valence electrons. The van der Waals surface area contributed by atoms with E-state index in [0.717, 1.165) is 17.8 Å². The maximum absolute atomic E-state index is 11.9. The zero-order valence-electron chi connectivity index (χ0n) is 12.7. The summed E-state index contributed by atoms with van der Waals surface area (Å²) in [6.45, 7) is 6.48. The van der Waals surface area contributed by atoms with Crippen molar-refractivity contribution < 1.29 is 9.72 Å². The molecular weight excluding hydrogens is 288 g/mol. The van der Waals surface area contributed by atoms with Gasteiger partial charge in [-0.1, -0.05) is 0 Å². The molecule has 22 heavy (non-hydrogen) atoms. The zero-order valence-corrected chi connectivity index (χ0v) is 12.7. The first kappa shape index (κ1) is 15.7. The fourth-order valence-electron chi connectivity index (χ4n) is 2.06. The molecule has 0 aromatic carbocycles. The Labute approximate surface area is 127 Å². The molecule has 0 spiro atoms. The molecule has 1 amide bonds. The van der Waals surface area contributed by atoms with Crippen LogP contribution in [0.2, 0.25) is 0 Å². The van der Waals surface area contributed by atoms with E-state index in [0.29, 0.717) is 6.54 Å². The van der Waals surface area contributed by atoms with Gasteiger partial charge in [0, 0.05) is 24.8 Å². The van der Waals surface area contributed by atoms with Gasteiger partial charge in [0.1, 0.15) is 18.4 Å². The average Bonchev–Trinajstić information content (AvgIpc) is 2.99. The topological polar surface area (TPSA) is 108 Å². The van der Waals surface area contributed by atoms with Gasteiger partial charge < -0.3 is 5.32 Å². The van der Waals surface area contributed by atoms with E-state index >= 15 is 0 Å². The monoisotopic (exact) mass is 306 g/mol. The highest BCUT2D eigenvalue weighted by Crippen LogP contribution is 2.14. The standard InChI is InChI=1S/C13H18N6O3/c1-4-17-6-11(9(2)15-17)5-14-13(20)8-18-7-12(19(21)22)10(3)16-18/h6-7H,4-5,8H2,1-3H3,(H,14,20). The molecule has 2 aromatic heterocycles. The number of hydrogen-bond donors (Lipinski definition) is 1. The number of rotatable bonds is 6. The Morgan fingerprint density at radius 2 is 1.95 bits per heavy atom. The summed E-state index contributed by atoms with van der Waals surface area (Å²) in [5.74, 6) is -0.263. The Morgan fingerprint density at radius 1 is 1.27 bits per heavy atom. The van der Waals surface area contributed by atoms with Crippen LogP contribution in [0.5, 0.6) is 0 Å². The second-order valence-corrected chi connectivity index (χ2v) is 4.93. The van der Waals surface area contributed by atoms with Gasteiger partial charge in [-0.15, -0.1) is 0 Å². The molecule has 0 atom stereocenters. The Balaban J connectivity index is 1.94. The summed E-state index contributed by atoms with van der Waals surface area (Å²) in [6.07, 6.45) is 3.15. The van der Waals surface area contributed by atoms with E-state index in [4.69, 9.17) is 0 Å². The van der Waals surface area contributed by atoms with Crippen molar-refractivity contribution in [1.82, 2.24) is 24.9 Å². The summed E-state index contributed by atoms with van der Waals surface area (Å²) in [4.78, 5) is 22.1. The zero-order chi connectivity index (χ0) is 16.3. The van der Waals surface area contributed by atoms with E-state index < -0.39 is 4.92 Å². The first-order valence-corrected chi connectivity index (χ1v) is 6.88. The summed E-state index contributed by atoms with van der Waals surface area (Å²) in [5.41, 5.74) is 2.01. The first-order chi connectivity index (χ1) is 10.4. The van der Waals surface area contributed by atoms with Crippen LogP contribution in [0.15, 0.2) is 12.4 Å². The summed E-state index contributed by atoms with van der Waals surface area (Å²) in [5, 5.41) is 21.8. The molecule has 0 radical (unpaired) electrons. The number of carbonyl (C=O) groups is 1. The van der Waals surface area contributed by atoms with Crippen LogP contribution in [0.4, 0.5) is 5.69 Å². The average molecular weight is 306 g/mol. The second kappa shape index (κ2) is 6.37. The minimum Gasteiger partial charge on any atom is -0.350 e. The fraction of sp³-hybridized carbons (Fsp3) is 0.462. The van der Waals surface area contributed by atoms with Crippen LogP contribution in [-0.4, -0.2) is 30.4 Å². The largest absolute Gasteiger partial charge is 0.350 e. The Morgan fingerprint density at radius 3 is 2.50 bits per heavy atom. The summed E-state index contributed by atoms with van der Waals surface area (Å²) in [7, 11) is 0. The van der Waals surface area contributed by atoms with E-state index in [9.17, 15) is 14.9 Å². The molecule has 0 unspecified atom stereocenters. The Kier molecular flexibility index (Phi) is 4.54. The number of aryl methyl sites for hydroxylation is 3. The van der Waals surface area contributed by atoms with Gasteiger partial charge in [0.15, 0.2) is 0 Å². The van der Waals surface area contributed by atoms with Gasteiger partial charge in [-0.2, -0.15) is 10.2 Å². The lowest BCUT2D eigenvalue weighted by Crippen LogP contribution is -2.27. The molecule has 0 bridgehead atoms. The highest BCUT2D eigenvalue weighted by Gasteiger charge is 2.16. The van der Waals surface area contributed by atoms with Gasteiger partial charge in [0.2, 0.25) is 5.91 Å². The molecule has 0 aliphatic heterocycles. The molecule has 2 heterocycles. The van der Waals surface area contributed by atoms with Crippen molar-refractivity contribution in [3.63, 3.8) is 0 Å². The number of nitrogens with zero attached hydrogens (tertiary/aromatic N) is 5. The summed E-state index contributed by atoms with van der Waals surface area (Å²) in [6, 6.07) is 0. The number of aromatic nitrogens is 4. The van der Waals surface area contributed by atoms with Crippen molar-refractivity contribution in [1.29, 1.82) is 0 Å². The minimum atomic E-state index is -0.515. The van der Waals surface area contributed by atoms with E-state index in [2.05, 4.69) is 15.5 Å². The number of hydrogen-bond acceptors (Lipinski definition) is 5. The highest BCUT2D eigenvalue weighted by atomic mass is 16.6. The minimum absolute atomic E-state index is 0.0599. The van der Waals surface area contributed by atoms with Crippen molar-refractivity contribution in [2.45, 2.75) is 40.4 Å². The molecule has 0 saturated heterocycles. The molecular formula is C13H18N6O3. The van der Waals surface area contributed by atoms with Crippen LogP contribution >= 0.6 is 0 Å². The van der Waals surface area contributed by atoms with E-state index in [-0.39, 0.29) is 23.8 Å². The maximum atomic E-state index is 11.9. The Bertz CT molecular complexity index is 703. The van der Waals surface area contributed by atoms with Gasteiger partial charge in [-0.25, -0.2) is 0 Å². The molecule has 0 saturated carbocycles. The molecule has 2 rings (SSSR count). The van der Waals surface area contributed by atoms with Gasteiger partial charge in [-0.05, 0) is 20.8 Å². The normalized spacial score (nSPS) is 10.7. The van der Waals surface area contributed by atoms with Gasteiger partial charge >= 0.3 is 5.69 Å². The number of amides is 1. The van der Waals surface area contributed by atoms with Crippen molar-refractivity contribution in [3.8, 4) is 0 Å². The number of nitrogens with one attached hydrogen (secondary N) is 1. The molecule has 0 fully saturated rings. The fourth-order valence-corrected chi connectivity index (χ4v) is 2.06. The molecule has 2 aromatic rings. The molecule has 1 N–H and O–H groups in total. The highest BCUT2D eigenvalue weighted by molar-refractivity contribution is 5.75.